The van der Waals surface area contributed by atoms with Gasteiger partial charge in [-0.15, -0.1) is 0 Å². The zero-order valence-electron chi connectivity index (χ0n) is 8.42. The lowest BCUT2D eigenvalue weighted by Gasteiger charge is -2.08. The number of phenols is 1. The second-order valence-electron chi connectivity index (χ2n) is 3.42. The summed E-state index contributed by atoms with van der Waals surface area (Å²) in [5, 5.41) is 9.63. The number of benzene rings is 1. The summed E-state index contributed by atoms with van der Waals surface area (Å²) in [5.41, 5.74) is 1.56. The first-order valence-corrected chi connectivity index (χ1v) is 5.87. The Kier molecular flexibility index (Phi) is 2.92. The van der Waals surface area contributed by atoms with Gasteiger partial charge < -0.3 is 5.11 Å². The Bertz CT molecular complexity index is 599. The molecule has 1 aromatic carbocycles. The average molecular weight is 234 g/mol. The molecule has 0 saturated heterocycles. The lowest BCUT2D eigenvalue weighted by molar-refractivity contribution is 0.473. The Balaban J connectivity index is 2.39. The fourth-order valence-corrected chi connectivity index (χ4v) is 1.97. The molecule has 0 aromatic heterocycles. The lowest BCUT2D eigenvalue weighted by Crippen LogP contribution is -1.98. The van der Waals surface area contributed by atoms with Crippen LogP contribution in [0.25, 0.3) is 5.57 Å². The molecule has 0 amide bonds. The van der Waals surface area contributed by atoms with Crippen LogP contribution >= 0.6 is 0 Å². The average Bonchev–Trinajstić information content (AvgIpc) is 2.30. The van der Waals surface area contributed by atoms with E-state index in [2.05, 4.69) is 0 Å². The third-order valence-electron chi connectivity index (χ3n) is 2.40. The minimum Gasteiger partial charge on any atom is -0.507 e. The van der Waals surface area contributed by atoms with E-state index in [1.165, 1.54) is 0 Å². The van der Waals surface area contributed by atoms with E-state index in [0.29, 0.717) is 11.3 Å². The molecule has 1 aromatic rings. The molecule has 0 radical (unpaired) electrons. The lowest BCUT2D eigenvalue weighted by atomic mass is 9.99. The van der Waals surface area contributed by atoms with Crippen LogP contribution in [0.5, 0.6) is 5.75 Å². The smallest absolute Gasteiger partial charge is 0.217 e. The van der Waals surface area contributed by atoms with Crippen molar-refractivity contribution in [2.45, 2.75) is 6.42 Å². The van der Waals surface area contributed by atoms with Crippen molar-refractivity contribution in [1.29, 1.82) is 0 Å². The molecule has 82 valence electrons. The molecule has 1 aliphatic rings. The molecule has 2 rings (SSSR count). The molecule has 0 unspecified atom stereocenters. The second kappa shape index (κ2) is 4.37. The number of hydrogen-bond acceptors (Lipinski definition) is 3. The van der Waals surface area contributed by atoms with Crippen LogP contribution in [0, 0.1) is 0 Å². The van der Waals surface area contributed by atoms with Crippen molar-refractivity contribution < 1.29 is 13.5 Å². The number of aromatic hydroxyl groups is 1. The van der Waals surface area contributed by atoms with Gasteiger partial charge in [-0.1, -0.05) is 30.4 Å². The quantitative estimate of drug-likeness (QED) is 0.754. The highest BCUT2D eigenvalue weighted by atomic mass is 32.2. The number of para-hydroxylation sites is 1. The van der Waals surface area contributed by atoms with Gasteiger partial charge in [0.05, 0.1) is 4.86 Å². The first kappa shape index (κ1) is 10.7. The summed E-state index contributed by atoms with van der Waals surface area (Å²) in [6.45, 7) is 0. The van der Waals surface area contributed by atoms with Gasteiger partial charge in [0.1, 0.15) is 5.75 Å². The summed E-state index contributed by atoms with van der Waals surface area (Å²) < 4.78 is 21.4. The Morgan fingerprint density at radius 3 is 2.44 bits per heavy atom. The van der Waals surface area contributed by atoms with Gasteiger partial charge in [-0.3, -0.25) is 0 Å². The molecular formula is C12H10O3S. The van der Waals surface area contributed by atoms with E-state index in [0.717, 1.165) is 11.1 Å². The third-order valence-corrected chi connectivity index (χ3v) is 3.13. The number of phenolic OH excluding ortho intramolecular Hbond substituents is 1. The van der Waals surface area contributed by atoms with Gasteiger partial charge in [0.2, 0.25) is 10.3 Å². The van der Waals surface area contributed by atoms with Gasteiger partial charge in [-0.2, -0.15) is 8.42 Å². The van der Waals surface area contributed by atoms with E-state index in [-0.39, 0.29) is 5.75 Å². The van der Waals surface area contributed by atoms with Crippen LogP contribution in [0.2, 0.25) is 0 Å². The van der Waals surface area contributed by atoms with Crippen LogP contribution in [-0.4, -0.2) is 18.4 Å². The highest BCUT2D eigenvalue weighted by Crippen LogP contribution is 2.27. The fraction of sp³-hybridized carbons (Fsp3) is 0.0833. The van der Waals surface area contributed by atoms with E-state index in [1.807, 2.05) is 6.07 Å². The van der Waals surface area contributed by atoms with Crippen LogP contribution in [0.3, 0.4) is 0 Å². The maximum absolute atomic E-state index is 10.7. The molecule has 0 aliphatic heterocycles. The van der Waals surface area contributed by atoms with Crippen LogP contribution < -0.4 is 0 Å². The van der Waals surface area contributed by atoms with Gasteiger partial charge in [0, 0.05) is 12.0 Å². The maximum atomic E-state index is 10.7. The Morgan fingerprint density at radius 2 is 1.88 bits per heavy atom. The van der Waals surface area contributed by atoms with Crippen molar-refractivity contribution in [3.05, 3.63) is 48.1 Å². The molecule has 0 saturated carbocycles. The standard InChI is InChI=1S/C12H10O3S/c13-12-4-2-1-3-11(12)9-5-7-10(8-6-9)16(14)15/h1-7,13H,8H2. The summed E-state index contributed by atoms with van der Waals surface area (Å²) >= 11 is 0. The van der Waals surface area contributed by atoms with Crippen LogP contribution in [-0.2, 0) is 10.3 Å². The zero-order chi connectivity index (χ0) is 11.5. The molecule has 1 N–H and O–H groups in total. The van der Waals surface area contributed by atoms with Gasteiger partial charge in [0.15, 0.2) is 0 Å². The number of rotatable bonds is 1. The summed E-state index contributed by atoms with van der Waals surface area (Å²) in [4.78, 5) is 0.360. The van der Waals surface area contributed by atoms with Gasteiger partial charge >= 0.3 is 0 Å². The minimum atomic E-state index is -2.16. The third kappa shape index (κ3) is 2.06. The topological polar surface area (TPSA) is 54.4 Å². The van der Waals surface area contributed by atoms with Crippen molar-refractivity contribution in [2.75, 3.05) is 0 Å². The van der Waals surface area contributed by atoms with E-state index >= 15 is 0 Å². The zero-order valence-corrected chi connectivity index (χ0v) is 9.24. The Morgan fingerprint density at radius 1 is 1.12 bits per heavy atom. The van der Waals surface area contributed by atoms with Crippen LogP contribution in [0.1, 0.15) is 12.0 Å². The van der Waals surface area contributed by atoms with E-state index in [9.17, 15) is 13.5 Å². The van der Waals surface area contributed by atoms with Gasteiger partial charge in [-0.25, -0.2) is 0 Å². The molecule has 0 bridgehead atoms. The predicted molar refractivity (Wildman–Crippen MR) is 63.8 cm³/mol. The molecule has 0 atom stereocenters. The maximum Gasteiger partial charge on any atom is 0.217 e. The number of hydrogen-bond donors (Lipinski definition) is 1. The molecule has 0 fully saturated rings. The van der Waals surface area contributed by atoms with Crippen LogP contribution in [0.4, 0.5) is 0 Å². The molecule has 4 heteroatoms. The van der Waals surface area contributed by atoms with E-state index in [4.69, 9.17) is 0 Å². The normalized spacial score (nSPS) is 14.8. The van der Waals surface area contributed by atoms with E-state index in [1.54, 1.807) is 36.4 Å². The molecule has 3 nitrogen and oxygen atoms in total. The largest absolute Gasteiger partial charge is 0.507 e. The predicted octanol–water partition coefficient (Wildman–Crippen LogP) is 1.79. The van der Waals surface area contributed by atoms with Crippen molar-refractivity contribution in [3.8, 4) is 5.75 Å². The first-order valence-electron chi connectivity index (χ1n) is 4.80. The van der Waals surface area contributed by atoms with Gasteiger partial charge in [0.25, 0.3) is 0 Å². The molecular weight excluding hydrogens is 224 g/mol. The summed E-state index contributed by atoms with van der Waals surface area (Å²) in [7, 11) is -2.16. The molecule has 0 spiro atoms. The van der Waals surface area contributed by atoms with Gasteiger partial charge in [-0.05, 0) is 17.7 Å². The minimum absolute atomic E-state index is 0.199. The number of allylic oxidation sites excluding steroid dienone is 4. The summed E-state index contributed by atoms with van der Waals surface area (Å²) in [6.07, 6.45) is 5.42. The Labute approximate surface area is 94.9 Å². The highest BCUT2D eigenvalue weighted by Gasteiger charge is 2.08. The fourth-order valence-electron chi connectivity index (χ4n) is 1.57. The van der Waals surface area contributed by atoms with Crippen molar-refractivity contribution in [3.63, 3.8) is 0 Å². The summed E-state index contributed by atoms with van der Waals surface area (Å²) in [5.74, 6) is 0.199. The Hall–Kier alpha value is -1.81. The van der Waals surface area contributed by atoms with Crippen molar-refractivity contribution >= 4 is 20.7 Å². The molecule has 1 aliphatic carbocycles. The first-order chi connectivity index (χ1) is 7.68. The molecule has 16 heavy (non-hydrogen) atoms. The monoisotopic (exact) mass is 234 g/mol. The second-order valence-corrected chi connectivity index (χ2v) is 4.41. The summed E-state index contributed by atoms with van der Waals surface area (Å²) in [6, 6.07) is 6.98. The highest BCUT2D eigenvalue weighted by molar-refractivity contribution is 7.73. The van der Waals surface area contributed by atoms with Crippen molar-refractivity contribution in [2.24, 2.45) is 0 Å². The molecule has 0 heterocycles. The van der Waals surface area contributed by atoms with E-state index < -0.39 is 10.3 Å². The van der Waals surface area contributed by atoms with Crippen LogP contribution in [0.15, 0.2) is 42.5 Å². The van der Waals surface area contributed by atoms with Crippen molar-refractivity contribution in [1.82, 2.24) is 0 Å². The SMILES string of the molecule is O=S(=O)=C1C=CC(c2ccccc2O)=CC1.